The predicted molar refractivity (Wildman–Crippen MR) is 183 cm³/mol. The first-order chi connectivity index (χ1) is 21.3. The van der Waals surface area contributed by atoms with Crippen LogP contribution in [0.25, 0.3) is 0 Å². The second-order valence-electron chi connectivity index (χ2n) is 13.4. The van der Waals surface area contributed by atoms with Gasteiger partial charge in [0, 0.05) is 6.61 Å². The Bertz CT molecular complexity index is 1350. The molecule has 238 valence electrons. The normalized spacial score (nSPS) is 27.0. The second kappa shape index (κ2) is 16.6. The van der Waals surface area contributed by atoms with E-state index in [1.165, 1.54) is 47.7 Å². The van der Waals surface area contributed by atoms with E-state index in [0.717, 1.165) is 13.0 Å². The summed E-state index contributed by atoms with van der Waals surface area (Å²) >= 11 is 0. The molecule has 3 aromatic carbocycles. The van der Waals surface area contributed by atoms with Crippen LogP contribution in [0, 0.1) is 40.9 Å². The summed E-state index contributed by atoms with van der Waals surface area (Å²) < 4.78 is 7.61. The van der Waals surface area contributed by atoms with Crippen LogP contribution in [0.3, 0.4) is 0 Å². The summed E-state index contributed by atoms with van der Waals surface area (Å²) in [5.41, 5.74) is 0.258. The van der Waals surface area contributed by atoms with Crippen LogP contribution in [0.15, 0.2) is 140 Å². The van der Waals surface area contributed by atoms with E-state index in [9.17, 15) is 0 Å². The van der Waals surface area contributed by atoms with Gasteiger partial charge in [-0.25, -0.2) is 0 Å². The zero-order valence-electron chi connectivity index (χ0n) is 26.9. The molecule has 0 spiro atoms. The predicted octanol–water partition coefficient (Wildman–Crippen LogP) is 2.00. The van der Waals surface area contributed by atoms with Crippen LogP contribution in [-0.4, -0.2) is 14.9 Å². The molecule has 1 nitrogen and oxygen atoms in total. The van der Waals surface area contributed by atoms with Gasteiger partial charge >= 0.3 is 26.2 Å². The Morgan fingerprint density at radius 2 is 0.978 bits per heavy atom. The molecule has 4 aliphatic carbocycles. The Labute approximate surface area is 309 Å². The molecule has 6 unspecified atom stereocenters. The van der Waals surface area contributed by atoms with Gasteiger partial charge in [-0.15, -0.1) is 0 Å². The molecule has 2 saturated carbocycles. The zero-order chi connectivity index (χ0) is 29.1. The van der Waals surface area contributed by atoms with E-state index in [-0.39, 0.29) is 56.4 Å². The monoisotopic (exact) mass is 742 g/mol. The smallest absolute Gasteiger partial charge is 1.00 e. The fourth-order valence-electron chi connectivity index (χ4n) is 9.76. The first-order valence-corrected chi connectivity index (χ1v) is 18.7. The molecule has 0 amide bonds. The Hall–Kier alpha value is -1.74. The van der Waals surface area contributed by atoms with E-state index in [0.29, 0.717) is 35.5 Å². The summed E-state index contributed by atoms with van der Waals surface area (Å²) in [6.45, 7) is 3.29. The summed E-state index contributed by atoms with van der Waals surface area (Å²) in [7, 11) is -2.73. The van der Waals surface area contributed by atoms with E-state index in [2.05, 4.69) is 147 Å². The van der Waals surface area contributed by atoms with Crippen molar-refractivity contribution >= 4 is 23.9 Å². The molecular weight excluding hydrogens is 699 g/mol. The number of benzene rings is 3. The maximum atomic E-state index is 7.61. The van der Waals surface area contributed by atoms with Crippen LogP contribution in [0.1, 0.15) is 45.4 Å². The average molecular weight is 745 g/mol. The largest absolute Gasteiger partial charge is 2.00 e. The molecule has 0 aliphatic heterocycles. The molecule has 2 fully saturated rings. The molecular formula is C41H46Cl2OSiZr. The molecule has 4 aliphatic rings. The van der Waals surface area contributed by atoms with Gasteiger partial charge in [-0.3, -0.25) is 0 Å². The second-order valence-corrected chi connectivity index (χ2v) is 16.7. The van der Waals surface area contributed by atoms with E-state index >= 15 is 0 Å². The molecule has 0 bridgehead atoms. The number of rotatable bonds is 10. The molecule has 7 rings (SSSR count). The summed E-state index contributed by atoms with van der Waals surface area (Å²) in [4.78, 5) is 0. The van der Waals surface area contributed by atoms with Crippen molar-refractivity contribution in [3.8, 4) is 0 Å². The standard InChI is InChI=1S/C41H46OSi.2ClH.Zr/c1-2-41(39-28-26-32-16-12-14-24-37(32)39,40-29-27-33-17-13-15-25-38(33)40)30-31-42-43(34-18-6-3-7-19-34,35-20-8-4-9-21-35)36-22-10-5-11-23-36;;;/h3-25,32-33,37-40H,2,26-31H2,1H3;2*1H;/q;;;+2/p-2. The molecule has 5 heteroatoms. The van der Waals surface area contributed by atoms with Crippen molar-refractivity contribution in [2.75, 3.05) is 6.61 Å². The molecule has 3 aromatic rings. The van der Waals surface area contributed by atoms with Gasteiger partial charge < -0.3 is 29.2 Å². The minimum atomic E-state index is -2.73. The molecule has 6 atom stereocenters. The van der Waals surface area contributed by atoms with Gasteiger partial charge in [0.1, 0.15) is 0 Å². The van der Waals surface area contributed by atoms with E-state index < -0.39 is 8.32 Å². The van der Waals surface area contributed by atoms with Crippen LogP contribution in [0.2, 0.25) is 0 Å². The minimum Gasteiger partial charge on any atom is -1.00 e. The number of hydrogen-bond donors (Lipinski definition) is 0. The van der Waals surface area contributed by atoms with Gasteiger partial charge in [-0.2, -0.15) is 0 Å². The Morgan fingerprint density at radius 1 is 0.587 bits per heavy atom. The maximum absolute atomic E-state index is 7.61. The fourth-order valence-corrected chi connectivity index (χ4v) is 13.7. The van der Waals surface area contributed by atoms with Crippen molar-refractivity contribution in [3.05, 3.63) is 140 Å². The van der Waals surface area contributed by atoms with Gasteiger partial charge in [0.25, 0.3) is 8.32 Å². The molecule has 46 heavy (non-hydrogen) atoms. The Balaban J connectivity index is 0.00000160. The fraction of sp³-hybridized carbons (Fsp3) is 0.366. The topological polar surface area (TPSA) is 9.23 Å². The van der Waals surface area contributed by atoms with Crippen molar-refractivity contribution in [2.45, 2.75) is 45.4 Å². The minimum absolute atomic E-state index is 0. The summed E-state index contributed by atoms with van der Waals surface area (Å²) in [6, 6.07) is 33.3. The van der Waals surface area contributed by atoms with Crippen molar-refractivity contribution in [2.24, 2.45) is 40.9 Å². The van der Waals surface area contributed by atoms with Crippen LogP contribution in [0.4, 0.5) is 0 Å². The SMILES string of the molecule is CCC(CCO[Si](c1ccccc1)(c1ccccc1)c1ccccc1)(C1CCC2C=CC=CC21)C1CCC2C=CC=CC21.[Cl-].[Cl-].[Zr+2]. The molecule has 0 saturated heterocycles. The third-order valence-electron chi connectivity index (χ3n) is 11.7. The summed E-state index contributed by atoms with van der Waals surface area (Å²) in [5.74, 6) is 4.13. The van der Waals surface area contributed by atoms with Gasteiger partial charge in [0.15, 0.2) is 0 Å². The van der Waals surface area contributed by atoms with Crippen LogP contribution in [0.5, 0.6) is 0 Å². The molecule has 0 N–H and O–H groups in total. The number of fused-ring (bicyclic) bond motifs is 2. The number of allylic oxidation sites excluding steroid dienone is 8. The van der Waals surface area contributed by atoms with Crippen molar-refractivity contribution in [1.82, 2.24) is 0 Å². The summed E-state index contributed by atoms with van der Waals surface area (Å²) in [5, 5.41) is 3.99. The number of halogens is 2. The molecule has 0 aromatic heterocycles. The number of hydrogen-bond acceptors (Lipinski definition) is 1. The van der Waals surface area contributed by atoms with E-state index in [1.54, 1.807) is 0 Å². The van der Waals surface area contributed by atoms with Gasteiger partial charge in [0.2, 0.25) is 0 Å². The molecule has 0 radical (unpaired) electrons. The zero-order valence-corrected chi connectivity index (χ0v) is 31.8. The summed E-state index contributed by atoms with van der Waals surface area (Å²) in [6.07, 6.45) is 27.0. The van der Waals surface area contributed by atoms with Gasteiger partial charge in [-0.05, 0) is 95.0 Å². The van der Waals surface area contributed by atoms with E-state index in [4.69, 9.17) is 4.43 Å². The first-order valence-electron chi connectivity index (χ1n) is 16.8. The third-order valence-corrected chi connectivity index (χ3v) is 15.8. The molecule has 0 heterocycles. The Morgan fingerprint density at radius 3 is 1.37 bits per heavy atom. The quantitative estimate of drug-likeness (QED) is 0.228. The Kier molecular flexibility index (Phi) is 13.4. The van der Waals surface area contributed by atoms with Gasteiger partial charge in [0.05, 0.1) is 0 Å². The van der Waals surface area contributed by atoms with Gasteiger partial charge in [-0.1, -0.05) is 147 Å². The average Bonchev–Trinajstić information content (AvgIpc) is 3.72. The van der Waals surface area contributed by atoms with E-state index in [1.807, 2.05) is 0 Å². The van der Waals surface area contributed by atoms with Crippen LogP contribution in [-0.2, 0) is 30.6 Å². The van der Waals surface area contributed by atoms with Crippen molar-refractivity contribution in [1.29, 1.82) is 0 Å². The van der Waals surface area contributed by atoms with Crippen molar-refractivity contribution in [3.63, 3.8) is 0 Å². The van der Waals surface area contributed by atoms with Crippen molar-refractivity contribution < 1.29 is 55.4 Å². The van der Waals surface area contributed by atoms with Crippen LogP contribution >= 0.6 is 0 Å². The third kappa shape index (κ3) is 6.75. The first kappa shape index (κ1) is 37.1. The maximum Gasteiger partial charge on any atom is 2.00 e. The van der Waals surface area contributed by atoms with Crippen LogP contribution < -0.4 is 40.4 Å².